The van der Waals surface area contributed by atoms with Crippen molar-refractivity contribution in [2.45, 2.75) is 56.9 Å². The van der Waals surface area contributed by atoms with E-state index in [1.807, 2.05) is 37.6 Å². The smallest absolute Gasteiger partial charge is 0.236 e. The molecule has 0 aromatic heterocycles. The highest BCUT2D eigenvalue weighted by atomic mass is 32.2. The Labute approximate surface area is 110 Å². The number of hydrogen-bond donors (Lipinski definition) is 1. The van der Waals surface area contributed by atoms with Crippen LogP contribution in [0.5, 0.6) is 0 Å². The van der Waals surface area contributed by atoms with Gasteiger partial charge in [0.1, 0.15) is 0 Å². The molecule has 0 aliphatic heterocycles. The predicted molar refractivity (Wildman–Crippen MR) is 75.5 cm³/mol. The van der Waals surface area contributed by atoms with Crippen molar-refractivity contribution in [3.8, 4) is 0 Å². The molecule has 4 heteroatoms. The monoisotopic (exact) mass is 258 g/mol. The second kappa shape index (κ2) is 7.27. The summed E-state index contributed by atoms with van der Waals surface area (Å²) in [7, 11) is 1.88. The minimum absolute atomic E-state index is 0.199. The third-order valence-electron chi connectivity index (χ3n) is 3.69. The molecule has 1 aliphatic rings. The van der Waals surface area contributed by atoms with Gasteiger partial charge in [-0.05, 0) is 32.9 Å². The van der Waals surface area contributed by atoms with Crippen LogP contribution < -0.4 is 5.32 Å². The number of nitrogens with one attached hydrogen (secondary N) is 1. The second-order valence-corrected chi connectivity index (χ2v) is 6.22. The van der Waals surface area contributed by atoms with Crippen LogP contribution in [0.3, 0.4) is 0 Å². The van der Waals surface area contributed by atoms with E-state index in [9.17, 15) is 4.79 Å². The average Bonchev–Trinajstić information content (AvgIpc) is 2.35. The number of nitrogens with zero attached hydrogens (tertiary/aromatic N) is 1. The van der Waals surface area contributed by atoms with Crippen molar-refractivity contribution in [2.75, 3.05) is 19.8 Å². The van der Waals surface area contributed by atoms with Crippen LogP contribution in [0.4, 0.5) is 0 Å². The van der Waals surface area contributed by atoms with Crippen molar-refractivity contribution in [1.82, 2.24) is 10.2 Å². The van der Waals surface area contributed by atoms with Crippen molar-refractivity contribution in [1.29, 1.82) is 0 Å². The summed E-state index contributed by atoms with van der Waals surface area (Å²) in [6.45, 7) is 4.57. The lowest BCUT2D eigenvalue weighted by Crippen LogP contribution is -2.46. The number of rotatable bonds is 5. The molecule has 0 aromatic carbocycles. The maximum absolute atomic E-state index is 11.9. The first-order chi connectivity index (χ1) is 8.06. The predicted octanol–water partition coefficient (Wildman–Crippen LogP) is 2.12. The Morgan fingerprint density at radius 2 is 2.06 bits per heavy atom. The molecule has 3 nitrogen and oxygen atoms in total. The molecule has 17 heavy (non-hydrogen) atoms. The molecule has 0 spiro atoms. The molecule has 0 aromatic rings. The molecule has 2 unspecified atom stereocenters. The third kappa shape index (κ3) is 4.51. The Balaban J connectivity index is 2.35. The summed E-state index contributed by atoms with van der Waals surface area (Å²) in [5, 5.41) is 4.13. The van der Waals surface area contributed by atoms with Gasteiger partial charge in [0, 0.05) is 24.4 Å². The van der Waals surface area contributed by atoms with Gasteiger partial charge in [0.2, 0.25) is 5.91 Å². The van der Waals surface area contributed by atoms with Crippen LogP contribution in [-0.2, 0) is 4.79 Å². The minimum Gasteiger partial charge on any atom is -0.342 e. The number of carbonyl (C=O) groups is 1. The summed E-state index contributed by atoms with van der Waals surface area (Å²) in [5.41, 5.74) is 0. The maximum atomic E-state index is 11.9. The van der Waals surface area contributed by atoms with Gasteiger partial charge in [0.15, 0.2) is 0 Å². The highest BCUT2D eigenvalue weighted by molar-refractivity contribution is 7.99. The Kier molecular flexibility index (Phi) is 6.34. The summed E-state index contributed by atoms with van der Waals surface area (Å²) in [4.78, 5) is 13.7. The Morgan fingerprint density at radius 3 is 2.65 bits per heavy atom. The molecule has 0 heterocycles. The van der Waals surface area contributed by atoms with E-state index in [0.717, 1.165) is 0 Å². The van der Waals surface area contributed by atoms with E-state index in [0.29, 0.717) is 17.8 Å². The highest BCUT2D eigenvalue weighted by Crippen LogP contribution is 2.26. The van der Waals surface area contributed by atoms with Crippen LogP contribution in [0.1, 0.15) is 39.5 Å². The molecular formula is C13H26N2OS. The Bertz CT molecular complexity index is 246. The van der Waals surface area contributed by atoms with Crippen LogP contribution in [0, 0.1) is 0 Å². The lowest BCUT2D eigenvalue weighted by atomic mass is 9.95. The van der Waals surface area contributed by atoms with Crippen molar-refractivity contribution < 1.29 is 4.79 Å². The van der Waals surface area contributed by atoms with E-state index in [4.69, 9.17) is 0 Å². The van der Waals surface area contributed by atoms with Gasteiger partial charge in [-0.25, -0.2) is 0 Å². The first kappa shape index (κ1) is 14.8. The van der Waals surface area contributed by atoms with E-state index in [-0.39, 0.29) is 11.9 Å². The van der Waals surface area contributed by atoms with Crippen molar-refractivity contribution in [2.24, 2.45) is 0 Å². The number of thioether (sulfide) groups is 1. The molecule has 0 saturated heterocycles. The van der Waals surface area contributed by atoms with Gasteiger partial charge in [0.25, 0.3) is 0 Å². The zero-order chi connectivity index (χ0) is 12.8. The third-order valence-corrected chi connectivity index (χ3v) is 4.86. The fourth-order valence-corrected chi connectivity index (χ4v) is 3.21. The fourth-order valence-electron chi connectivity index (χ4n) is 2.24. The molecule has 1 rings (SSSR count). The zero-order valence-corrected chi connectivity index (χ0v) is 12.3. The SMILES string of the molecule is CSC1CCCCC1NCC(=O)N(C)C(C)C. The normalized spacial score (nSPS) is 25.0. The molecular weight excluding hydrogens is 232 g/mol. The lowest BCUT2D eigenvalue weighted by molar-refractivity contribution is -0.130. The van der Waals surface area contributed by atoms with Crippen LogP contribution in [0.15, 0.2) is 0 Å². The Morgan fingerprint density at radius 1 is 1.41 bits per heavy atom. The maximum Gasteiger partial charge on any atom is 0.236 e. The number of carbonyl (C=O) groups excluding carboxylic acids is 1. The summed E-state index contributed by atoms with van der Waals surface area (Å²) >= 11 is 1.93. The van der Waals surface area contributed by atoms with Gasteiger partial charge in [-0.15, -0.1) is 0 Å². The quantitative estimate of drug-likeness (QED) is 0.820. The summed E-state index contributed by atoms with van der Waals surface area (Å²) in [5.74, 6) is 0.199. The van der Waals surface area contributed by atoms with E-state index in [1.165, 1.54) is 25.7 Å². The topological polar surface area (TPSA) is 32.3 Å². The van der Waals surface area contributed by atoms with Gasteiger partial charge >= 0.3 is 0 Å². The largest absolute Gasteiger partial charge is 0.342 e. The van der Waals surface area contributed by atoms with Crippen LogP contribution >= 0.6 is 11.8 Å². The molecule has 1 N–H and O–H groups in total. The second-order valence-electron chi connectivity index (χ2n) is 5.14. The first-order valence-corrected chi connectivity index (χ1v) is 7.87. The van der Waals surface area contributed by atoms with Gasteiger partial charge in [-0.2, -0.15) is 11.8 Å². The molecule has 1 aliphatic carbocycles. The van der Waals surface area contributed by atoms with Gasteiger partial charge in [-0.3, -0.25) is 4.79 Å². The van der Waals surface area contributed by atoms with Gasteiger partial charge < -0.3 is 10.2 Å². The molecule has 1 fully saturated rings. The average molecular weight is 258 g/mol. The number of hydrogen-bond acceptors (Lipinski definition) is 3. The van der Waals surface area contributed by atoms with Crippen LogP contribution in [0.2, 0.25) is 0 Å². The minimum atomic E-state index is 0.199. The lowest BCUT2D eigenvalue weighted by Gasteiger charge is -2.31. The van der Waals surface area contributed by atoms with Crippen molar-refractivity contribution in [3.05, 3.63) is 0 Å². The molecule has 0 bridgehead atoms. The molecule has 1 amide bonds. The van der Waals surface area contributed by atoms with Crippen molar-refractivity contribution >= 4 is 17.7 Å². The summed E-state index contributed by atoms with van der Waals surface area (Å²) < 4.78 is 0. The van der Waals surface area contributed by atoms with Gasteiger partial charge in [0.05, 0.1) is 6.54 Å². The molecule has 1 saturated carbocycles. The number of likely N-dealkylation sites (N-methyl/N-ethyl adjacent to an activating group) is 1. The van der Waals surface area contributed by atoms with Crippen molar-refractivity contribution in [3.63, 3.8) is 0 Å². The first-order valence-electron chi connectivity index (χ1n) is 6.58. The fraction of sp³-hybridized carbons (Fsp3) is 0.923. The number of amides is 1. The van der Waals surface area contributed by atoms with Crippen LogP contribution in [0.25, 0.3) is 0 Å². The molecule has 0 radical (unpaired) electrons. The zero-order valence-electron chi connectivity index (χ0n) is 11.5. The van der Waals surface area contributed by atoms with E-state index < -0.39 is 0 Å². The standard InChI is InChI=1S/C13H26N2OS/c1-10(2)15(3)13(16)9-14-11-7-5-6-8-12(11)17-4/h10-12,14H,5-9H2,1-4H3. The summed E-state index contributed by atoms with van der Waals surface area (Å²) in [6, 6.07) is 0.801. The summed E-state index contributed by atoms with van der Waals surface area (Å²) in [6.07, 6.45) is 7.30. The molecule has 2 atom stereocenters. The van der Waals surface area contributed by atoms with E-state index in [2.05, 4.69) is 11.6 Å². The molecule has 100 valence electrons. The van der Waals surface area contributed by atoms with E-state index in [1.54, 1.807) is 0 Å². The van der Waals surface area contributed by atoms with Gasteiger partial charge in [-0.1, -0.05) is 12.8 Å². The van der Waals surface area contributed by atoms with E-state index >= 15 is 0 Å². The Hall–Kier alpha value is -0.220. The van der Waals surface area contributed by atoms with Crippen LogP contribution in [-0.4, -0.2) is 48.0 Å². The highest BCUT2D eigenvalue weighted by Gasteiger charge is 2.24.